The molecule has 3 aromatic rings. The molecular formula is C19H20BrFN4. The van der Waals surface area contributed by atoms with Gasteiger partial charge in [-0.15, -0.1) is 0 Å². The van der Waals surface area contributed by atoms with Gasteiger partial charge in [0, 0.05) is 61.7 Å². The van der Waals surface area contributed by atoms with Gasteiger partial charge in [-0.2, -0.15) is 0 Å². The van der Waals surface area contributed by atoms with Crippen molar-refractivity contribution >= 4 is 21.6 Å². The van der Waals surface area contributed by atoms with Crippen LogP contribution in [0.5, 0.6) is 0 Å². The Morgan fingerprint density at radius 3 is 2.52 bits per heavy atom. The van der Waals surface area contributed by atoms with Crippen LogP contribution < -0.4 is 0 Å². The smallest absolute Gasteiger partial charge is 0.137 e. The van der Waals surface area contributed by atoms with Crippen molar-refractivity contribution in [1.29, 1.82) is 0 Å². The van der Waals surface area contributed by atoms with Gasteiger partial charge in [-0.1, -0.05) is 22.0 Å². The van der Waals surface area contributed by atoms with E-state index in [9.17, 15) is 4.39 Å². The van der Waals surface area contributed by atoms with Gasteiger partial charge >= 0.3 is 0 Å². The molecule has 1 fully saturated rings. The minimum absolute atomic E-state index is 0.129. The second kappa shape index (κ2) is 7.23. The molecule has 1 aliphatic rings. The van der Waals surface area contributed by atoms with Crippen LogP contribution in [0, 0.1) is 5.82 Å². The summed E-state index contributed by atoms with van der Waals surface area (Å²) in [6, 6.07) is 11.2. The predicted molar refractivity (Wildman–Crippen MR) is 99.8 cm³/mol. The van der Waals surface area contributed by atoms with Crippen LogP contribution in [0.2, 0.25) is 0 Å². The number of nitrogens with zero attached hydrogens (tertiary/aromatic N) is 4. The summed E-state index contributed by atoms with van der Waals surface area (Å²) in [5.74, 6) is -0.129. The number of rotatable bonds is 4. The van der Waals surface area contributed by atoms with Gasteiger partial charge in [0.2, 0.25) is 0 Å². The molecular weight excluding hydrogens is 383 g/mol. The number of pyridine rings is 1. The SMILES string of the molecule is Fc1ccc(Br)cc1CN1CCN(Cc2cn3ccccc3n2)CC1. The first kappa shape index (κ1) is 16.7. The lowest BCUT2D eigenvalue weighted by Gasteiger charge is -2.34. The first-order valence-electron chi connectivity index (χ1n) is 8.49. The third-order valence-corrected chi connectivity index (χ3v) is 5.16. The number of benzene rings is 1. The van der Waals surface area contributed by atoms with Crippen LogP contribution in [-0.2, 0) is 13.1 Å². The molecule has 2 aromatic heterocycles. The van der Waals surface area contributed by atoms with Gasteiger partial charge in [-0.05, 0) is 30.3 Å². The van der Waals surface area contributed by atoms with Crippen LogP contribution in [0.25, 0.3) is 5.65 Å². The Kier molecular flexibility index (Phi) is 4.83. The van der Waals surface area contributed by atoms with Crippen LogP contribution in [0.3, 0.4) is 0 Å². The molecule has 0 unspecified atom stereocenters. The molecule has 0 N–H and O–H groups in total. The lowest BCUT2D eigenvalue weighted by molar-refractivity contribution is 0.120. The number of imidazole rings is 1. The summed E-state index contributed by atoms with van der Waals surface area (Å²) in [6.45, 7) is 5.36. The molecule has 0 atom stereocenters. The van der Waals surface area contributed by atoms with Crippen molar-refractivity contribution < 1.29 is 4.39 Å². The van der Waals surface area contributed by atoms with Crippen molar-refractivity contribution in [1.82, 2.24) is 19.2 Å². The second-order valence-corrected chi connectivity index (χ2v) is 7.40. The van der Waals surface area contributed by atoms with Crippen molar-refractivity contribution in [3.63, 3.8) is 0 Å². The molecule has 1 aromatic carbocycles. The molecule has 0 radical (unpaired) electrons. The molecule has 4 nitrogen and oxygen atoms in total. The van der Waals surface area contributed by atoms with Gasteiger partial charge in [0.1, 0.15) is 11.5 Å². The number of fused-ring (bicyclic) bond motifs is 1. The summed E-state index contributed by atoms with van der Waals surface area (Å²) in [4.78, 5) is 9.39. The standard InChI is InChI=1S/C19H20BrFN4/c20-16-4-5-18(21)15(11-16)12-23-7-9-24(10-8-23)13-17-14-25-6-2-1-3-19(25)22-17/h1-6,11,14H,7-10,12-13H2. The van der Waals surface area contributed by atoms with Crippen LogP contribution >= 0.6 is 15.9 Å². The molecule has 0 bridgehead atoms. The van der Waals surface area contributed by atoms with E-state index in [2.05, 4.69) is 41.3 Å². The zero-order valence-corrected chi connectivity index (χ0v) is 15.5. The van der Waals surface area contributed by atoms with Crippen molar-refractivity contribution in [2.24, 2.45) is 0 Å². The summed E-state index contributed by atoms with van der Waals surface area (Å²) >= 11 is 3.42. The van der Waals surface area contributed by atoms with E-state index >= 15 is 0 Å². The first-order chi connectivity index (χ1) is 12.2. The van der Waals surface area contributed by atoms with E-state index < -0.39 is 0 Å². The number of piperazine rings is 1. The van der Waals surface area contributed by atoms with Gasteiger partial charge in [0.05, 0.1) is 5.69 Å². The van der Waals surface area contributed by atoms with E-state index in [1.54, 1.807) is 6.07 Å². The first-order valence-corrected chi connectivity index (χ1v) is 9.28. The van der Waals surface area contributed by atoms with Crippen molar-refractivity contribution in [3.05, 3.63) is 70.3 Å². The average Bonchev–Trinajstić information content (AvgIpc) is 3.02. The zero-order chi connectivity index (χ0) is 17.2. The number of hydrogen-bond acceptors (Lipinski definition) is 3. The lowest BCUT2D eigenvalue weighted by Crippen LogP contribution is -2.45. The second-order valence-electron chi connectivity index (χ2n) is 6.49. The molecule has 130 valence electrons. The lowest BCUT2D eigenvalue weighted by atomic mass is 10.2. The maximum Gasteiger partial charge on any atom is 0.137 e. The number of hydrogen-bond donors (Lipinski definition) is 0. The Balaban J connectivity index is 1.34. The number of aromatic nitrogens is 2. The molecule has 1 saturated heterocycles. The number of halogens is 2. The fourth-order valence-corrected chi connectivity index (χ4v) is 3.71. The molecule has 0 spiro atoms. The summed E-state index contributed by atoms with van der Waals surface area (Å²) in [6.07, 6.45) is 4.12. The third-order valence-electron chi connectivity index (χ3n) is 4.67. The molecule has 6 heteroatoms. The van der Waals surface area contributed by atoms with E-state index in [1.165, 1.54) is 6.07 Å². The Hall–Kier alpha value is -1.76. The van der Waals surface area contributed by atoms with E-state index in [0.717, 1.165) is 54.1 Å². The van der Waals surface area contributed by atoms with Crippen LogP contribution in [-0.4, -0.2) is 45.4 Å². The van der Waals surface area contributed by atoms with Gasteiger partial charge in [0.15, 0.2) is 0 Å². The summed E-state index contributed by atoms with van der Waals surface area (Å²) < 4.78 is 16.9. The topological polar surface area (TPSA) is 23.8 Å². The van der Waals surface area contributed by atoms with E-state index in [0.29, 0.717) is 6.54 Å². The largest absolute Gasteiger partial charge is 0.307 e. The van der Waals surface area contributed by atoms with Crippen molar-refractivity contribution in [3.8, 4) is 0 Å². The Morgan fingerprint density at radius 1 is 1.00 bits per heavy atom. The fourth-order valence-electron chi connectivity index (χ4n) is 3.30. The highest BCUT2D eigenvalue weighted by Crippen LogP contribution is 2.18. The van der Waals surface area contributed by atoms with Crippen LogP contribution in [0.15, 0.2) is 53.3 Å². The summed E-state index contributed by atoms with van der Waals surface area (Å²) in [5, 5.41) is 0. The van der Waals surface area contributed by atoms with Crippen molar-refractivity contribution in [2.75, 3.05) is 26.2 Å². The monoisotopic (exact) mass is 402 g/mol. The highest BCUT2D eigenvalue weighted by molar-refractivity contribution is 9.10. The quantitative estimate of drug-likeness (QED) is 0.666. The minimum Gasteiger partial charge on any atom is -0.307 e. The van der Waals surface area contributed by atoms with Gasteiger partial charge in [-0.25, -0.2) is 9.37 Å². The molecule has 0 aliphatic carbocycles. The predicted octanol–water partition coefficient (Wildman–Crippen LogP) is 3.55. The van der Waals surface area contributed by atoms with Gasteiger partial charge in [-0.3, -0.25) is 9.80 Å². The van der Waals surface area contributed by atoms with Crippen LogP contribution in [0.4, 0.5) is 4.39 Å². The molecule has 0 amide bonds. The Morgan fingerprint density at radius 2 is 1.76 bits per heavy atom. The maximum absolute atomic E-state index is 13.9. The maximum atomic E-state index is 13.9. The summed E-state index contributed by atoms with van der Waals surface area (Å²) in [5.41, 5.74) is 2.84. The van der Waals surface area contributed by atoms with Crippen LogP contribution in [0.1, 0.15) is 11.3 Å². The molecule has 25 heavy (non-hydrogen) atoms. The Labute approximate surface area is 155 Å². The molecule has 1 aliphatic heterocycles. The van der Waals surface area contributed by atoms with Gasteiger partial charge in [0.25, 0.3) is 0 Å². The fraction of sp³-hybridized carbons (Fsp3) is 0.316. The summed E-state index contributed by atoms with van der Waals surface area (Å²) in [7, 11) is 0. The zero-order valence-electron chi connectivity index (χ0n) is 13.9. The molecule has 0 saturated carbocycles. The highest BCUT2D eigenvalue weighted by atomic mass is 79.9. The van der Waals surface area contributed by atoms with E-state index in [4.69, 9.17) is 0 Å². The highest BCUT2D eigenvalue weighted by Gasteiger charge is 2.19. The average molecular weight is 403 g/mol. The molecule has 3 heterocycles. The van der Waals surface area contributed by atoms with Crippen molar-refractivity contribution in [2.45, 2.75) is 13.1 Å². The van der Waals surface area contributed by atoms with E-state index in [-0.39, 0.29) is 5.82 Å². The minimum atomic E-state index is -0.129. The van der Waals surface area contributed by atoms with E-state index in [1.807, 2.05) is 30.5 Å². The molecule has 4 rings (SSSR count). The Bertz CT molecular complexity index is 838. The normalized spacial score (nSPS) is 16.6. The third kappa shape index (κ3) is 3.92. The van der Waals surface area contributed by atoms with Gasteiger partial charge < -0.3 is 4.40 Å².